The third kappa shape index (κ3) is 4.82. The number of hydrogen-bond acceptors (Lipinski definition) is 3. The Kier molecular flexibility index (Phi) is 5.56. The summed E-state index contributed by atoms with van der Waals surface area (Å²) in [4.78, 5) is 4.27. The van der Waals surface area contributed by atoms with Crippen LogP contribution in [0.4, 0.5) is 5.82 Å². The Morgan fingerprint density at radius 2 is 2.06 bits per heavy atom. The molecule has 4 heteroatoms. The summed E-state index contributed by atoms with van der Waals surface area (Å²) in [5.41, 5.74) is 0. The molecule has 96 valence electrons. The van der Waals surface area contributed by atoms with Gasteiger partial charge in [0.15, 0.2) is 11.6 Å². The van der Waals surface area contributed by atoms with Crippen LogP contribution in [0, 0.1) is 5.92 Å². The van der Waals surface area contributed by atoms with Crippen molar-refractivity contribution >= 4 is 17.4 Å². The minimum Gasteiger partial charge on any atom is -0.487 e. The van der Waals surface area contributed by atoms with Gasteiger partial charge in [-0.1, -0.05) is 13.8 Å². The molecule has 0 spiro atoms. The Hall–Kier alpha value is -0.960. The van der Waals surface area contributed by atoms with E-state index < -0.39 is 0 Å². The van der Waals surface area contributed by atoms with Gasteiger partial charge in [-0.15, -0.1) is 11.6 Å². The molecule has 1 heterocycles. The van der Waals surface area contributed by atoms with Crippen LogP contribution < -0.4 is 10.1 Å². The first-order valence-corrected chi connectivity index (χ1v) is 6.44. The molecular formula is C13H21ClN2O. The lowest BCUT2D eigenvalue weighted by atomic mass is 10.1. The van der Waals surface area contributed by atoms with Crippen LogP contribution in [0.1, 0.15) is 27.7 Å². The summed E-state index contributed by atoms with van der Waals surface area (Å²) in [5, 5.41) is 3.32. The number of pyridine rings is 1. The number of rotatable bonds is 6. The van der Waals surface area contributed by atoms with Crippen LogP contribution in [0.5, 0.6) is 5.75 Å². The maximum Gasteiger partial charge on any atom is 0.168 e. The van der Waals surface area contributed by atoms with E-state index in [1.165, 1.54) is 0 Å². The summed E-state index contributed by atoms with van der Waals surface area (Å²) < 4.78 is 5.67. The standard InChI is InChI=1S/C13H21ClN2O/c1-9(2)11(14)8-16-13-12(17-10(3)4)6-5-7-15-13/h5-7,9-11H,8H2,1-4H3,(H,15,16). The third-order valence-electron chi connectivity index (χ3n) is 2.32. The smallest absolute Gasteiger partial charge is 0.168 e. The van der Waals surface area contributed by atoms with E-state index in [1.54, 1.807) is 6.20 Å². The fourth-order valence-corrected chi connectivity index (χ4v) is 1.38. The minimum absolute atomic E-state index is 0.0870. The van der Waals surface area contributed by atoms with Gasteiger partial charge in [0.25, 0.3) is 0 Å². The highest BCUT2D eigenvalue weighted by molar-refractivity contribution is 6.21. The highest BCUT2D eigenvalue weighted by Crippen LogP contribution is 2.22. The van der Waals surface area contributed by atoms with Crippen LogP contribution in [0.15, 0.2) is 18.3 Å². The van der Waals surface area contributed by atoms with Crippen molar-refractivity contribution in [3.63, 3.8) is 0 Å². The van der Waals surface area contributed by atoms with E-state index >= 15 is 0 Å². The molecule has 1 aromatic heterocycles. The number of hydrogen-bond donors (Lipinski definition) is 1. The van der Waals surface area contributed by atoms with Gasteiger partial charge in [-0.25, -0.2) is 4.98 Å². The van der Waals surface area contributed by atoms with Gasteiger partial charge in [-0.3, -0.25) is 0 Å². The van der Waals surface area contributed by atoms with Crippen LogP contribution in [0.25, 0.3) is 0 Å². The van der Waals surface area contributed by atoms with Crippen LogP contribution in [-0.4, -0.2) is 23.0 Å². The predicted octanol–water partition coefficient (Wildman–Crippen LogP) is 3.54. The van der Waals surface area contributed by atoms with E-state index in [4.69, 9.17) is 16.3 Å². The Bertz CT molecular complexity index is 342. The number of anilines is 1. The van der Waals surface area contributed by atoms with E-state index in [1.807, 2.05) is 26.0 Å². The molecule has 0 aliphatic rings. The fourth-order valence-electron chi connectivity index (χ4n) is 1.30. The molecule has 1 N–H and O–H groups in total. The highest BCUT2D eigenvalue weighted by Gasteiger charge is 2.11. The topological polar surface area (TPSA) is 34.1 Å². The van der Waals surface area contributed by atoms with Crippen molar-refractivity contribution in [1.82, 2.24) is 4.98 Å². The zero-order valence-electron chi connectivity index (χ0n) is 10.9. The van der Waals surface area contributed by atoms with Gasteiger partial charge < -0.3 is 10.1 Å². The number of alkyl halides is 1. The number of nitrogens with one attached hydrogen (secondary N) is 1. The Morgan fingerprint density at radius 3 is 2.65 bits per heavy atom. The van der Waals surface area contributed by atoms with Gasteiger partial charge in [-0.05, 0) is 31.9 Å². The molecule has 0 saturated heterocycles. The average molecular weight is 257 g/mol. The molecule has 0 aromatic carbocycles. The van der Waals surface area contributed by atoms with Crippen molar-refractivity contribution in [2.45, 2.75) is 39.2 Å². The first-order chi connectivity index (χ1) is 8.00. The molecule has 0 aliphatic heterocycles. The molecule has 1 atom stereocenters. The lowest BCUT2D eigenvalue weighted by Crippen LogP contribution is -2.20. The minimum atomic E-state index is 0.0870. The van der Waals surface area contributed by atoms with E-state index in [2.05, 4.69) is 24.1 Å². The van der Waals surface area contributed by atoms with Gasteiger partial charge in [-0.2, -0.15) is 0 Å². The number of ether oxygens (including phenoxy) is 1. The monoisotopic (exact) mass is 256 g/mol. The van der Waals surface area contributed by atoms with Gasteiger partial charge in [0.2, 0.25) is 0 Å². The third-order valence-corrected chi connectivity index (χ3v) is 2.98. The summed E-state index contributed by atoms with van der Waals surface area (Å²) in [6.45, 7) is 8.88. The summed E-state index contributed by atoms with van der Waals surface area (Å²) in [6, 6.07) is 3.78. The van der Waals surface area contributed by atoms with Crippen LogP contribution in [0.2, 0.25) is 0 Å². The normalized spacial score (nSPS) is 12.9. The largest absolute Gasteiger partial charge is 0.487 e. The molecule has 3 nitrogen and oxygen atoms in total. The number of nitrogens with zero attached hydrogens (tertiary/aromatic N) is 1. The summed E-state index contributed by atoms with van der Waals surface area (Å²) in [7, 11) is 0. The van der Waals surface area contributed by atoms with Crippen LogP contribution in [0.3, 0.4) is 0 Å². The van der Waals surface area contributed by atoms with E-state index in [-0.39, 0.29) is 11.5 Å². The lowest BCUT2D eigenvalue weighted by Gasteiger charge is -2.17. The van der Waals surface area contributed by atoms with Crippen molar-refractivity contribution in [2.24, 2.45) is 5.92 Å². The van der Waals surface area contributed by atoms with Crippen molar-refractivity contribution in [3.8, 4) is 5.75 Å². The molecule has 17 heavy (non-hydrogen) atoms. The Labute approximate surface area is 109 Å². The van der Waals surface area contributed by atoms with Crippen molar-refractivity contribution in [2.75, 3.05) is 11.9 Å². The van der Waals surface area contributed by atoms with Gasteiger partial charge >= 0.3 is 0 Å². The van der Waals surface area contributed by atoms with Gasteiger partial charge in [0.1, 0.15) is 0 Å². The van der Waals surface area contributed by atoms with Gasteiger partial charge in [0, 0.05) is 12.7 Å². The van der Waals surface area contributed by atoms with Gasteiger partial charge in [0.05, 0.1) is 11.5 Å². The average Bonchev–Trinajstić information content (AvgIpc) is 2.26. The summed E-state index contributed by atoms with van der Waals surface area (Å²) in [5.74, 6) is 1.96. The van der Waals surface area contributed by atoms with E-state index in [9.17, 15) is 0 Å². The van der Waals surface area contributed by atoms with E-state index in [0.29, 0.717) is 12.5 Å². The zero-order chi connectivity index (χ0) is 12.8. The number of halogens is 1. The molecule has 1 unspecified atom stereocenters. The first-order valence-electron chi connectivity index (χ1n) is 6.00. The maximum atomic E-state index is 6.19. The molecular weight excluding hydrogens is 236 g/mol. The molecule has 0 radical (unpaired) electrons. The first kappa shape index (κ1) is 14.1. The van der Waals surface area contributed by atoms with Crippen molar-refractivity contribution in [1.29, 1.82) is 0 Å². The second-order valence-corrected chi connectivity index (χ2v) is 5.22. The van der Waals surface area contributed by atoms with Crippen molar-refractivity contribution in [3.05, 3.63) is 18.3 Å². The molecule has 0 bridgehead atoms. The highest BCUT2D eigenvalue weighted by atomic mass is 35.5. The Balaban J connectivity index is 2.63. The van der Waals surface area contributed by atoms with Crippen LogP contribution in [-0.2, 0) is 0 Å². The quantitative estimate of drug-likeness (QED) is 0.791. The summed E-state index contributed by atoms with van der Waals surface area (Å²) in [6.07, 6.45) is 1.88. The molecule has 1 aromatic rings. The zero-order valence-corrected chi connectivity index (χ0v) is 11.7. The maximum absolute atomic E-state index is 6.19. The molecule has 0 amide bonds. The molecule has 1 rings (SSSR count). The predicted molar refractivity (Wildman–Crippen MR) is 73.0 cm³/mol. The SMILES string of the molecule is CC(C)Oc1cccnc1NCC(Cl)C(C)C. The fraction of sp³-hybridized carbons (Fsp3) is 0.615. The Morgan fingerprint density at radius 1 is 1.35 bits per heavy atom. The van der Waals surface area contributed by atoms with E-state index in [0.717, 1.165) is 11.6 Å². The van der Waals surface area contributed by atoms with Crippen LogP contribution >= 0.6 is 11.6 Å². The lowest BCUT2D eigenvalue weighted by molar-refractivity contribution is 0.243. The number of aromatic nitrogens is 1. The second-order valence-electron chi connectivity index (χ2n) is 4.66. The van der Waals surface area contributed by atoms with Crippen molar-refractivity contribution < 1.29 is 4.74 Å². The molecule has 0 fully saturated rings. The molecule has 0 saturated carbocycles. The molecule has 0 aliphatic carbocycles. The summed E-state index contributed by atoms with van der Waals surface area (Å²) >= 11 is 6.19. The second kappa shape index (κ2) is 6.70.